The molecular formula is C16H14F3N3O2. The molecule has 1 N–H and O–H groups in total. The smallest absolute Gasteiger partial charge is 0.399 e. The summed E-state index contributed by atoms with van der Waals surface area (Å²) in [7, 11) is 1.41. The van der Waals surface area contributed by atoms with Gasteiger partial charge in [0.2, 0.25) is 0 Å². The predicted molar refractivity (Wildman–Crippen MR) is 81.5 cm³/mol. The average Bonchev–Trinajstić information content (AvgIpc) is 2.57. The molecule has 0 bridgehead atoms. The number of carbonyl (C=O) groups excluding carboxylic acids is 1. The number of nitrogens with zero attached hydrogens (tertiary/aromatic N) is 2. The molecule has 1 heterocycles. The van der Waals surface area contributed by atoms with Gasteiger partial charge in [-0.1, -0.05) is 17.3 Å². The molecule has 1 amide bonds. The molecule has 8 heteroatoms. The Bertz CT molecular complexity index is 728. The van der Waals surface area contributed by atoms with Gasteiger partial charge in [0.1, 0.15) is 7.11 Å². The van der Waals surface area contributed by atoms with Gasteiger partial charge in [-0.15, -0.1) is 0 Å². The molecule has 0 aliphatic rings. The molecule has 0 radical (unpaired) electrons. The summed E-state index contributed by atoms with van der Waals surface area (Å²) in [6.07, 6.45) is -1.06. The van der Waals surface area contributed by atoms with Crippen LogP contribution in [0.3, 0.4) is 0 Å². The van der Waals surface area contributed by atoms with Crippen LogP contribution in [0.2, 0.25) is 0 Å². The van der Waals surface area contributed by atoms with Gasteiger partial charge in [-0.2, -0.15) is 13.2 Å². The fraction of sp³-hybridized carbons (Fsp3) is 0.188. The highest BCUT2D eigenvalue weighted by atomic mass is 19.4. The van der Waals surface area contributed by atoms with Gasteiger partial charge < -0.3 is 10.2 Å². The lowest BCUT2D eigenvalue weighted by Gasteiger charge is -2.12. The molecule has 0 saturated heterocycles. The van der Waals surface area contributed by atoms with E-state index in [2.05, 4.69) is 20.3 Å². The molecule has 1 aromatic heterocycles. The normalized spacial score (nSPS) is 11.5. The topological polar surface area (TPSA) is 63.6 Å². The Labute approximate surface area is 136 Å². The van der Waals surface area contributed by atoms with Gasteiger partial charge in [-0.25, -0.2) is 0 Å². The fourth-order valence-corrected chi connectivity index (χ4v) is 1.94. The Balaban J connectivity index is 2.05. The van der Waals surface area contributed by atoms with E-state index in [1.54, 1.807) is 24.3 Å². The van der Waals surface area contributed by atoms with Crippen LogP contribution in [0.4, 0.5) is 13.2 Å². The van der Waals surface area contributed by atoms with E-state index in [1.165, 1.54) is 25.6 Å². The van der Waals surface area contributed by atoms with Crippen molar-refractivity contribution in [3.63, 3.8) is 0 Å². The number of alkyl halides is 3. The Morgan fingerprint density at radius 3 is 2.62 bits per heavy atom. The zero-order valence-corrected chi connectivity index (χ0v) is 12.7. The van der Waals surface area contributed by atoms with Crippen molar-refractivity contribution in [3.8, 4) is 0 Å². The minimum Gasteiger partial charge on any atom is -0.399 e. The second-order valence-electron chi connectivity index (χ2n) is 4.75. The Morgan fingerprint density at radius 2 is 2.00 bits per heavy atom. The minimum absolute atomic E-state index is 0.0466. The molecule has 2 aromatic rings. The number of benzene rings is 1. The molecule has 0 spiro atoms. The number of halogens is 3. The molecule has 5 nitrogen and oxygen atoms in total. The third-order valence-corrected chi connectivity index (χ3v) is 3.14. The molecule has 126 valence electrons. The molecule has 0 aliphatic carbocycles. The second-order valence-corrected chi connectivity index (χ2v) is 4.75. The van der Waals surface area contributed by atoms with Crippen molar-refractivity contribution in [1.82, 2.24) is 10.3 Å². The largest absolute Gasteiger partial charge is 0.418 e. The molecule has 0 saturated carbocycles. The lowest BCUT2D eigenvalue weighted by atomic mass is 10.1. The van der Waals surface area contributed by atoms with Gasteiger partial charge >= 0.3 is 6.18 Å². The first-order valence-corrected chi connectivity index (χ1v) is 6.86. The fourth-order valence-electron chi connectivity index (χ4n) is 1.94. The van der Waals surface area contributed by atoms with Crippen LogP contribution in [-0.4, -0.2) is 24.2 Å². The van der Waals surface area contributed by atoms with Crippen LogP contribution in [0.15, 0.2) is 47.9 Å². The van der Waals surface area contributed by atoms with Crippen molar-refractivity contribution < 1.29 is 22.8 Å². The first-order chi connectivity index (χ1) is 11.4. The van der Waals surface area contributed by atoms with Crippen LogP contribution in [-0.2, 0) is 17.6 Å². The number of pyridine rings is 1. The maximum atomic E-state index is 12.9. The van der Waals surface area contributed by atoms with Crippen molar-refractivity contribution in [2.24, 2.45) is 5.16 Å². The van der Waals surface area contributed by atoms with Gasteiger partial charge in [0.25, 0.3) is 5.91 Å². The van der Waals surface area contributed by atoms with Crippen LogP contribution >= 0.6 is 0 Å². The summed E-state index contributed by atoms with van der Waals surface area (Å²) in [6, 6.07) is 7.61. The van der Waals surface area contributed by atoms with Crippen molar-refractivity contribution >= 4 is 12.1 Å². The molecule has 0 unspecified atom stereocenters. The van der Waals surface area contributed by atoms with Gasteiger partial charge in [-0.05, 0) is 29.3 Å². The average molecular weight is 337 g/mol. The Kier molecular flexibility index (Phi) is 5.51. The number of hydrogen-bond acceptors (Lipinski definition) is 4. The molecule has 1 aromatic carbocycles. The quantitative estimate of drug-likeness (QED) is 0.674. The van der Waals surface area contributed by atoms with Crippen molar-refractivity contribution in [1.29, 1.82) is 0 Å². The minimum atomic E-state index is -4.52. The van der Waals surface area contributed by atoms with Crippen LogP contribution in [0.1, 0.15) is 27.0 Å². The van der Waals surface area contributed by atoms with Crippen molar-refractivity contribution in [2.75, 3.05) is 7.11 Å². The Hall–Kier alpha value is -2.90. The number of oxime groups is 1. The molecule has 2 rings (SSSR count). The van der Waals surface area contributed by atoms with E-state index >= 15 is 0 Å². The maximum absolute atomic E-state index is 12.9. The van der Waals surface area contributed by atoms with E-state index in [-0.39, 0.29) is 12.1 Å². The molecule has 0 aliphatic heterocycles. The summed E-state index contributed by atoms with van der Waals surface area (Å²) in [4.78, 5) is 20.1. The SMILES string of the molecule is CO/N=C/c1ccc(C(=O)NCc2ccncc2C(F)(F)F)cc1. The molecule has 24 heavy (non-hydrogen) atoms. The van der Waals surface area contributed by atoms with E-state index in [0.29, 0.717) is 5.56 Å². The number of carbonyl (C=O) groups is 1. The van der Waals surface area contributed by atoms with Gasteiger partial charge in [-0.3, -0.25) is 9.78 Å². The van der Waals surface area contributed by atoms with Gasteiger partial charge in [0, 0.05) is 24.5 Å². The zero-order valence-electron chi connectivity index (χ0n) is 12.7. The first-order valence-electron chi connectivity index (χ1n) is 6.86. The second kappa shape index (κ2) is 7.58. The van der Waals surface area contributed by atoms with Gasteiger partial charge in [0.05, 0.1) is 11.8 Å². The summed E-state index contributed by atoms with van der Waals surface area (Å²) >= 11 is 0. The molecule has 0 atom stereocenters. The highest BCUT2D eigenvalue weighted by molar-refractivity contribution is 5.95. The summed E-state index contributed by atoms with van der Waals surface area (Å²) in [5, 5.41) is 6.05. The highest BCUT2D eigenvalue weighted by Gasteiger charge is 2.33. The first kappa shape index (κ1) is 17.5. The number of aromatic nitrogens is 1. The van der Waals surface area contributed by atoms with Crippen molar-refractivity contribution in [2.45, 2.75) is 12.7 Å². The summed E-state index contributed by atoms with van der Waals surface area (Å²) in [5.41, 5.74) is 0.139. The summed E-state index contributed by atoms with van der Waals surface area (Å²) in [6.45, 7) is -0.247. The lowest BCUT2D eigenvalue weighted by molar-refractivity contribution is -0.138. The van der Waals surface area contributed by atoms with Crippen LogP contribution < -0.4 is 5.32 Å². The number of nitrogens with one attached hydrogen (secondary N) is 1. The van der Waals surface area contributed by atoms with E-state index in [0.717, 1.165) is 11.8 Å². The number of amides is 1. The van der Waals surface area contributed by atoms with E-state index < -0.39 is 17.6 Å². The zero-order chi connectivity index (χ0) is 17.6. The standard InChI is InChI=1S/C16H14F3N3O2/c1-24-22-8-11-2-4-12(5-3-11)15(23)21-9-13-6-7-20-10-14(13)16(17,18)19/h2-8,10H,9H2,1H3,(H,21,23)/b22-8+. The predicted octanol–water partition coefficient (Wildman–Crippen LogP) is 3.01. The lowest BCUT2D eigenvalue weighted by Crippen LogP contribution is -2.24. The Morgan fingerprint density at radius 1 is 1.29 bits per heavy atom. The van der Waals surface area contributed by atoms with E-state index in [1.807, 2.05) is 0 Å². The van der Waals surface area contributed by atoms with E-state index in [4.69, 9.17) is 0 Å². The third kappa shape index (κ3) is 4.55. The third-order valence-electron chi connectivity index (χ3n) is 3.14. The maximum Gasteiger partial charge on any atom is 0.418 e. The van der Waals surface area contributed by atoms with Crippen LogP contribution in [0.5, 0.6) is 0 Å². The van der Waals surface area contributed by atoms with Crippen molar-refractivity contribution in [3.05, 3.63) is 65.0 Å². The van der Waals surface area contributed by atoms with Crippen LogP contribution in [0, 0.1) is 0 Å². The van der Waals surface area contributed by atoms with E-state index in [9.17, 15) is 18.0 Å². The van der Waals surface area contributed by atoms with Crippen LogP contribution in [0.25, 0.3) is 0 Å². The number of rotatable bonds is 5. The summed E-state index contributed by atoms with van der Waals surface area (Å²) < 4.78 is 38.6. The van der Waals surface area contributed by atoms with Gasteiger partial charge in [0.15, 0.2) is 0 Å². The molecular weight excluding hydrogens is 323 g/mol. The summed E-state index contributed by atoms with van der Waals surface area (Å²) in [5.74, 6) is -0.477. The highest BCUT2D eigenvalue weighted by Crippen LogP contribution is 2.31. The monoisotopic (exact) mass is 337 g/mol. The molecule has 0 fully saturated rings. The number of hydrogen-bond donors (Lipinski definition) is 1.